The summed E-state index contributed by atoms with van der Waals surface area (Å²) >= 11 is 1.86. The molecule has 64 heavy (non-hydrogen) atoms. The number of hydrogen-bond acceptors (Lipinski definition) is 3. The third-order valence-electron chi connectivity index (χ3n) is 13.9. The van der Waals surface area contributed by atoms with Crippen molar-refractivity contribution in [1.82, 2.24) is 0 Å². The summed E-state index contributed by atoms with van der Waals surface area (Å²) in [6, 6.07) is 82.7. The van der Waals surface area contributed by atoms with Gasteiger partial charge in [-0.25, -0.2) is 0 Å². The number of nitrogens with zero attached hydrogens (tertiary/aromatic N) is 1. The van der Waals surface area contributed by atoms with Crippen molar-refractivity contribution in [3.05, 3.63) is 247 Å². The van der Waals surface area contributed by atoms with Gasteiger partial charge in [0.15, 0.2) is 0 Å². The van der Waals surface area contributed by atoms with Crippen LogP contribution in [0.3, 0.4) is 0 Å². The van der Waals surface area contributed by atoms with E-state index >= 15 is 0 Å². The topological polar surface area (TPSA) is 12.5 Å². The summed E-state index contributed by atoms with van der Waals surface area (Å²) in [6.07, 6.45) is 0. The van der Waals surface area contributed by atoms with Crippen molar-refractivity contribution in [1.29, 1.82) is 0 Å². The molecule has 0 atom stereocenters. The van der Waals surface area contributed by atoms with Crippen LogP contribution >= 0.6 is 11.3 Å². The van der Waals surface area contributed by atoms with E-state index in [-0.39, 0.29) is 0 Å². The van der Waals surface area contributed by atoms with Gasteiger partial charge in [0.05, 0.1) is 16.8 Å². The average Bonchev–Trinajstić information content (AvgIpc) is 3.88. The lowest BCUT2D eigenvalue weighted by atomic mass is 9.65. The fourth-order valence-electron chi connectivity index (χ4n) is 11.2. The summed E-state index contributed by atoms with van der Waals surface area (Å²) in [7, 11) is 0. The monoisotopic (exact) mass is 831 g/mol. The molecule has 11 aromatic carbocycles. The summed E-state index contributed by atoms with van der Waals surface area (Å²) in [5, 5.41) is 9.57. The Hall–Kier alpha value is -7.98. The minimum Gasteiger partial charge on any atom is -0.455 e. The summed E-state index contributed by atoms with van der Waals surface area (Å²) in [5.41, 5.74) is 12.7. The number of hydrogen-bond donors (Lipinski definition) is 0. The van der Waals surface area contributed by atoms with Gasteiger partial charge in [0, 0.05) is 53.1 Å². The molecule has 1 aliphatic heterocycles. The molecule has 1 spiro atoms. The zero-order valence-corrected chi connectivity index (χ0v) is 35.4. The number of para-hydroxylation sites is 1. The molecule has 14 rings (SSSR count). The van der Waals surface area contributed by atoms with E-state index in [4.69, 9.17) is 4.74 Å². The van der Waals surface area contributed by atoms with Crippen LogP contribution in [0, 0.1) is 0 Å². The van der Waals surface area contributed by atoms with Gasteiger partial charge in [0.25, 0.3) is 0 Å². The van der Waals surface area contributed by atoms with Gasteiger partial charge in [0.1, 0.15) is 11.5 Å². The Morgan fingerprint density at radius 2 is 0.953 bits per heavy atom. The van der Waals surface area contributed by atoms with E-state index in [1.165, 1.54) is 91.9 Å². The van der Waals surface area contributed by atoms with Gasteiger partial charge >= 0.3 is 0 Å². The van der Waals surface area contributed by atoms with Crippen LogP contribution in [-0.4, -0.2) is 0 Å². The molecule has 2 aliphatic rings. The molecule has 3 heteroatoms. The highest BCUT2D eigenvalue weighted by atomic mass is 32.1. The molecule has 0 N–H and O–H groups in total. The predicted molar refractivity (Wildman–Crippen MR) is 269 cm³/mol. The average molecular weight is 832 g/mol. The third kappa shape index (κ3) is 4.85. The fraction of sp³-hybridized carbons (Fsp3) is 0.0164. The molecule has 0 saturated heterocycles. The first-order valence-corrected chi connectivity index (χ1v) is 22.8. The molecule has 0 fully saturated rings. The molecule has 0 saturated carbocycles. The molecule has 1 aliphatic carbocycles. The number of benzene rings is 11. The van der Waals surface area contributed by atoms with Gasteiger partial charge in [-0.05, 0) is 92.0 Å². The number of fused-ring (bicyclic) bond motifs is 17. The Balaban J connectivity index is 1.00. The Bertz CT molecular complexity index is 3820. The smallest absolute Gasteiger partial charge is 0.140 e. The van der Waals surface area contributed by atoms with Crippen LogP contribution in [-0.2, 0) is 5.41 Å². The maximum Gasteiger partial charge on any atom is 0.140 e. The van der Waals surface area contributed by atoms with Crippen LogP contribution < -0.4 is 9.64 Å². The van der Waals surface area contributed by atoms with Gasteiger partial charge in [-0.2, -0.15) is 0 Å². The highest BCUT2D eigenvalue weighted by Crippen LogP contribution is 2.64. The van der Waals surface area contributed by atoms with Crippen LogP contribution in [0.1, 0.15) is 22.3 Å². The molecule has 12 aromatic rings. The summed E-state index contributed by atoms with van der Waals surface area (Å²) in [5.74, 6) is 1.87. The minimum atomic E-state index is -0.587. The van der Waals surface area contributed by atoms with Crippen molar-refractivity contribution < 1.29 is 4.74 Å². The van der Waals surface area contributed by atoms with Crippen LogP contribution in [0.5, 0.6) is 11.5 Å². The first-order chi connectivity index (χ1) is 31.8. The maximum atomic E-state index is 7.19. The van der Waals surface area contributed by atoms with Crippen LogP contribution in [0.2, 0.25) is 0 Å². The van der Waals surface area contributed by atoms with E-state index in [2.05, 4.69) is 229 Å². The standard InChI is InChI=1S/C61H37NOS/c1-2-17-41(18-3-1)62(55-26-14-28-57-58(55)48-24-11-13-27-56(48)64-57)54-36-32-42(45-21-8-9-23-47(45)54)40-31-33-51-49(37-40)46-22-10-12-25-50(46)61(51)52-34-29-38-15-4-6-19-43(38)59(52)63-60-44-20-7-5-16-39(44)30-35-53(60)61/h1-37H. The molecule has 298 valence electrons. The Labute approximate surface area is 374 Å². The number of rotatable bonds is 4. The second kappa shape index (κ2) is 13.5. The molecule has 2 heterocycles. The first kappa shape index (κ1) is 35.6. The van der Waals surface area contributed by atoms with E-state index in [0.717, 1.165) is 33.6 Å². The molecule has 0 bridgehead atoms. The zero-order valence-electron chi connectivity index (χ0n) is 34.6. The lowest BCUT2D eigenvalue weighted by Crippen LogP contribution is -2.32. The van der Waals surface area contributed by atoms with Crippen molar-refractivity contribution in [2.24, 2.45) is 0 Å². The lowest BCUT2D eigenvalue weighted by molar-refractivity contribution is 0.447. The second-order valence-electron chi connectivity index (χ2n) is 17.1. The largest absolute Gasteiger partial charge is 0.455 e. The van der Waals surface area contributed by atoms with Crippen molar-refractivity contribution in [3.8, 4) is 33.8 Å². The maximum absolute atomic E-state index is 7.19. The molecule has 0 amide bonds. The van der Waals surface area contributed by atoms with Crippen LogP contribution in [0.15, 0.2) is 224 Å². The van der Waals surface area contributed by atoms with Crippen LogP contribution in [0.4, 0.5) is 17.1 Å². The van der Waals surface area contributed by atoms with Gasteiger partial charge in [-0.1, -0.05) is 182 Å². The molecular weight excluding hydrogens is 795 g/mol. The number of anilines is 3. The van der Waals surface area contributed by atoms with Gasteiger partial charge < -0.3 is 9.64 Å². The Morgan fingerprint density at radius 1 is 0.359 bits per heavy atom. The van der Waals surface area contributed by atoms with Gasteiger partial charge in [-0.3, -0.25) is 0 Å². The van der Waals surface area contributed by atoms with Gasteiger partial charge in [0.2, 0.25) is 0 Å². The van der Waals surface area contributed by atoms with E-state index in [1.807, 2.05) is 11.3 Å². The van der Waals surface area contributed by atoms with Gasteiger partial charge in [-0.15, -0.1) is 11.3 Å². The number of thiophene rings is 1. The highest BCUT2D eigenvalue weighted by molar-refractivity contribution is 7.26. The Morgan fingerprint density at radius 3 is 1.72 bits per heavy atom. The lowest BCUT2D eigenvalue weighted by Gasteiger charge is -2.40. The van der Waals surface area contributed by atoms with Crippen molar-refractivity contribution in [2.45, 2.75) is 5.41 Å². The molecule has 1 aromatic heterocycles. The third-order valence-corrected chi connectivity index (χ3v) is 15.0. The molecule has 0 unspecified atom stereocenters. The minimum absolute atomic E-state index is 0.587. The Kier molecular flexibility index (Phi) is 7.51. The molecule has 0 radical (unpaired) electrons. The SMILES string of the molecule is c1ccc(N(c2ccc(-c3ccc4c(c3)-c3ccccc3C43c4ccc5ccccc5c4Oc4c3ccc3ccccc43)c3ccccc23)c2cccc3sc4ccccc4c23)cc1. The molecular formula is C61H37NOS. The summed E-state index contributed by atoms with van der Waals surface area (Å²) in [4.78, 5) is 2.46. The van der Waals surface area contributed by atoms with Crippen molar-refractivity contribution >= 4 is 80.9 Å². The van der Waals surface area contributed by atoms with E-state index < -0.39 is 5.41 Å². The second-order valence-corrected chi connectivity index (χ2v) is 18.2. The summed E-state index contributed by atoms with van der Waals surface area (Å²) in [6.45, 7) is 0. The summed E-state index contributed by atoms with van der Waals surface area (Å²) < 4.78 is 9.78. The number of ether oxygens (including phenoxy) is 1. The van der Waals surface area contributed by atoms with Crippen LogP contribution in [0.25, 0.3) is 74.7 Å². The van der Waals surface area contributed by atoms with E-state index in [0.29, 0.717) is 0 Å². The highest BCUT2D eigenvalue weighted by Gasteiger charge is 2.51. The van der Waals surface area contributed by atoms with Crippen molar-refractivity contribution in [3.63, 3.8) is 0 Å². The fourth-order valence-corrected chi connectivity index (χ4v) is 12.4. The zero-order chi connectivity index (χ0) is 41.9. The van der Waals surface area contributed by atoms with E-state index in [1.54, 1.807) is 0 Å². The predicted octanol–water partition coefficient (Wildman–Crippen LogP) is 17.1. The quantitative estimate of drug-likeness (QED) is 0.175. The van der Waals surface area contributed by atoms with Crippen molar-refractivity contribution in [2.75, 3.05) is 4.90 Å². The van der Waals surface area contributed by atoms with E-state index in [9.17, 15) is 0 Å². The first-order valence-electron chi connectivity index (χ1n) is 22.0. The molecule has 2 nitrogen and oxygen atoms in total. The normalized spacial score (nSPS) is 13.2.